The number of aldehydes is 1. The minimum absolute atomic E-state index is 0.689. The molecule has 2 rings (SSSR count). The van der Waals surface area contributed by atoms with Gasteiger partial charge in [-0.3, -0.25) is 14.5 Å². The molecule has 0 saturated carbocycles. The van der Waals surface area contributed by atoms with Gasteiger partial charge in [0.05, 0.1) is 5.69 Å². The van der Waals surface area contributed by atoms with Crippen LogP contribution in [0.1, 0.15) is 16.1 Å². The Kier molecular flexibility index (Phi) is 4.30. The molecule has 0 fully saturated rings. The summed E-state index contributed by atoms with van der Waals surface area (Å²) in [7, 11) is 0. The van der Waals surface area contributed by atoms with E-state index in [1.165, 1.54) is 11.9 Å². The van der Waals surface area contributed by atoms with Crippen LogP contribution in [-0.2, 0) is 6.54 Å². The highest BCUT2D eigenvalue weighted by Crippen LogP contribution is 2.15. The lowest BCUT2D eigenvalue weighted by Gasteiger charge is -2.03. The summed E-state index contributed by atoms with van der Waals surface area (Å²) in [6, 6.07) is 13.3. The smallest absolute Gasteiger partial charge is 0.150 e. The van der Waals surface area contributed by atoms with E-state index >= 15 is 0 Å². The average Bonchev–Trinajstić information content (AvgIpc) is 2.40. The van der Waals surface area contributed by atoms with E-state index in [9.17, 15) is 4.79 Å². The summed E-state index contributed by atoms with van der Waals surface area (Å²) in [5.74, 6) is 0. The predicted octanol–water partition coefficient (Wildman–Crippen LogP) is 2.69. The first-order chi connectivity index (χ1) is 8.38. The summed E-state index contributed by atoms with van der Waals surface area (Å²) in [5, 5.41) is 0. The molecule has 3 nitrogen and oxygen atoms in total. The molecule has 17 heavy (non-hydrogen) atoms. The summed E-state index contributed by atoms with van der Waals surface area (Å²) >= 11 is 1.50. The monoisotopic (exact) mass is 244 g/mol. The molecule has 0 spiro atoms. The Morgan fingerprint density at radius 3 is 2.94 bits per heavy atom. The molecule has 0 radical (unpaired) electrons. The molecule has 0 aliphatic carbocycles. The molecule has 1 N–H and O–H groups in total. The fourth-order valence-electron chi connectivity index (χ4n) is 1.35. The summed E-state index contributed by atoms with van der Waals surface area (Å²) in [4.78, 5) is 15.8. The van der Waals surface area contributed by atoms with E-state index in [-0.39, 0.29) is 0 Å². The van der Waals surface area contributed by atoms with Crippen LogP contribution in [0.4, 0.5) is 0 Å². The summed E-state index contributed by atoms with van der Waals surface area (Å²) in [6.07, 6.45) is 2.62. The van der Waals surface area contributed by atoms with E-state index in [1.807, 2.05) is 36.4 Å². The van der Waals surface area contributed by atoms with Gasteiger partial charge in [0.1, 0.15) is 6.29 Å². The van der Waals surface area contributed by atoms with Crippen molar-refractivity contribution < 1.29 is 4.79 Å². The van der Waals surface area contributed by atoms with Gasteiger partial charge in [-0.2, -0.15) is 0 Å². The normalized spacial score (nSPS) is 10.1. The lowest BCUT2D eigenvalue weighted by molar-refractivity contribution is 0.112. The Labute approximate surface area is 104 Å². The van der Waals surface area contributed by atoms with Gasteiger partial charge in [0.2, 0.25) is 0 Å². The van der Waals surface area contributed by atoms with Crippen molar-refractivity contribution in [1.29, 1.82) is 0 Å². The lowest BCUT2D eigenvalue weighted by Crippen LogP contribution is -2.04. The van der Waals surface area contributed by atoms with Gasteiger partial charge in [0.25, 0.3) is 0 Å². The highest BCUT2D eigenvalue weighted by atomic mass is 32.2. The van der Waals surface area contributed by atoms with E-state index in [2.05, 4.69) is 9.71 Å². The number of rotatable bonds is 5. The predicted molar refractivity (Wildman–Crippen MR) is 68.8 cm³/mol. The molecule has 0 atom stereocenters. The highest BCUT2D eigenvalue weighted by molar-refractivity contribution is 7.97. The lowest BCUT2D eigenvalue weighted by atomic mass is 10.2. The van der Waals surface area contributed by atoms with Gasteiger partial charge in [-0.25, -0.2) is 0 Å². The summed E-state index contributed by atoms with van der Waals surface area (Å²) in [6.45, 7) is 0.691. The third-order valence-electron chi connectivity index (χ3n) is 2.16. The second kappa shape index (κ2) is 6.18. The van der Waals surface area contributed by atoms with Crippen LogP contribution >= 0.6 is 11.9 Å². The molecule has 1 aromatic carbocycles. The number of carbonyl (C=O) groups is 1. The molecule has 0 aliphatic rings. The minimum Gasteiger partial charge on any atom is -0.298 e. The highest BCUT2D eigenvalue weighted by Gasteiger charge is 1.97. The van der Waals surface area contributed by atoms with Crippen molar-refractivity contribution in [1.82, 2.24) is 9.71 Å². The van der Waals surface area contributed by atoms with Gasteiger partial charge in [-0.15, -0.1) is 0 Å². The van der Waals surface area contributed by atoms with Crippen molar-refractivity contribution in [2.24, 2.45) is 0 Å². The maximum atomic E-state index is 10.6. The molecule has 86 valence electrons. The quantitative estimate of drug-likeness (QED) is 0.648. The zero-order valence-electron chi connectivity index (χ0n) is 9.17. The van der Waals surface area contributed by atoms with Crippen LogP contribution < -0.4 is 4.72 Å². The molecule has 4 heteroatoms. The number of aromatic nitrogens is 1. The first-order valence-electron chi connectivity index (χ1n) is 5.23. The van der Waals surface area contributed by atoms with Gasteiger partial charge < -0.3 is 0 Å². The van der Waals surface area contributed by atoms with E-state index in [0.717, 1.165) is 16.9 Å². The van der Waals surface area contributed by atoms with Crippen LogP contribution in [0.25, 0.3) is 0 Å². The van der Waals surface area contributed by atoms with E-state index in [0.29, 0.717) is 12.1 Å². The van der Waals surface area contributed by atoms with E-state index in [4.69, 9.17) is 0 Å². The number of hydrogen-bond acceptors (Lipinski definition) is 4. The van der Waals surface area contributed by atoms with Gasteiger partial charge in [0.15, 0.2) is 0 Å². The first-order valence-corrected chi connectivity index (χ1v) is 6.05. The standard InChI is InChI=1S/C13H12N2OS/c16-10-11-4-3-6-13(8-11)17-15-9-12-5-1-2-7-14-12/h1-8,10,15H,9H2. The van der Waals surface area contributed by atoms with E-state index < -0.39 is 0 Å². The molecule has 0 unspecified atom stereocenters. The number of pyridine rings is 1. The van der Waals surface area contributed by atoms with Crippen LogP contribution in [0, 0.1) is 0 Å². The van der Waals surface area contributed by atoms with Crippen LogP contribution in [0.3, 0.4) is 0 Å². The first kappa shape index (κ1) is 11.8. The fraction of sp³-hybridized carbons (Fsp3) is 0.0769. The number of nitrogens with zero attached hydrogens (tertiary/aromatic N) is 1. The molecular formula is C13H12N2OS. The van der Waals surface area contributed by atoms with Crippen molar-refractivity contribution in [3.8, 4) is 0 Å². The number of hydrogen-bond donors (Lipinski definition) is 1. The zero-order valence-corrected chi connectivity index (χ0v) is 9.98. The van der Waals surface area contributed by atoms with E-state index in [1.54, 1.807) is 12.3 Å². The molecule has 0 saturated heterocycles. The Hall–Kier alpha value is -1.65. The van der Waals surface area contributed by atoms with Crippen molar-refractivity contribution in [2.45, 2.75) is 11.4 Å². The van der Waals surface area contributed by atoms with Gasteiger partial charge in [-0.05, 0) is 36.2 Å². The third kappa shape index (κ3) is 3.69. The SMILES string of the molecule is O=Cc1cccc(SNCc2ccccn2)c1. The average molecular weight is 244 g/mol. The summed E-state index contributed by atoms with van der Waals surface area (Å²) < 4.78 is 3.21. The molecule has 1 heterocycles. The van der Waals surface area contributed by atoms with Crippen LogP contribution in [0.5, 0.6) is 0 Å². The maximum absolute atomic E-state index is 10.6. The van der Waals surface area contributed by atoms with Gasteiger partial charge in [-0.1, -0.05) is 18.2 Å². The largest absolute Gasteiger partial charge is 0.298 e. The molecular weight excluding hydrogens is 232 g/mol. The maximum Gasteiger partial charge on any atom is 0.150 e. The molecule has 2 aromatic rings. The number of benzene rings is 1. The molecule has 0 amide bonds. The van der Waals surface area contributed by atoms with Crippen molar-refractivity contribution in [2.75, 3.05) is 0 Å². The third-order valence-corrected chi connectivity index (χ3v) is 2.94. The van der Waals surface area contributed by atoms with Gasteiger partial charge >= 0.3 is 0 Å². The summed E-state index contributed by atoms with van der Waals surface area (Å²) in [5.41, 5.74) is 1.68. The Bertz CT molecular complexity index is 488. The Morgan fingerprint density at radius 2 is 2.18 bits per heavy atom. The second-order valence-corrected chi connectivity index (χ2v) is 4.40. The number of carbonyl (C=O) groups excluding carboxylic acids is 1. The number of nitrogens with one attached hydrogen (secondary N) is 1. The second-order valence-electron chi connectivity index (χ2n) is 3.43. The molecule has 0 aliphatic heterocycles. The Balaban J connectivity index is 1.88. The molecule has 1 aromatic heterocycles. The fourth-order valence-corrected chi connectivity index (χ4v) is 2.08. The molecule has 0 bridgehead atoms. The van der Waals surface area contributed by atoms with Crippen molar-refractivity contribution in [3.05, 3.63) is 59.9 Å². The van der Waals surface area contributed by atoms with Crippen LogP contribution in [-0.4, -0.2) is 11.3 Å². The van der Waals surface area contributed by atoms with Crippen molar-refractivity contribution in [3.63, 3.8) is 0 Å². The Morgan fingerprint density at radius 1 is 1.24 bits per heavy atom. The van der Waals surface area contributed by atoms with Crippen LogP contribution in [0.15, 0.2) is 53.6 Å². The zero-order chi connectivity index (χ0) is 11.9. The topological polar surface area (TPSA) is 42.0 Å². The van der Waals surface area contributed by atoms with Crippen molar-refractivity contribution >= 4 is 18.2 Å². The van der Waals surface area contributed by atoms with Gasteiger partial charge in [0, 0.05) is 23.2 Å². The minimum atomic E-state index is 0.689. The van der Waals surface area contributed by atoms with Crippen LogP contribution in [0.2, 0.25) is 0 Å².